The van der Waals surface area contributed by atoms with Crippen molar-refractivity contribution in [2.75, 3.05) is 25.5 Å². The van der Waals surface area contributed by atoms with Crippen LogP contribution in [0.1, 0.15) is 35.1 Å². The van der Waals surface area contributed by atoms with Crippen molar-refractivity contribution in [2.45, 2.75) is 18.9 Å². The van der Waals surface area contributed by atoms with E-state index in [1.165, 1.54) is 12.1 Å². The molecule has 1 atom stereocenters. The molecule has 0 radical (unpaired) electrons. The zero-order valence-electron chi connectivity index (χ0n) is 15.8. The standard InChI is InChI=1S/C21H21FN4O2/c1-25(2)17-6-3-5-15(13-17)21(27)26-12-4-7-18(26)20-23-19(24-28-20)14-8-10-16(22)11-9-14/h3,5-6,8-11,13,18H,4,7,12H2,1-2H3/t18-/m1/s1. The summed E-state index contributed by atoms with van der Waals surface area (Å²) in [6.07, 6.45) is 1.64. The number of nitrogens with zero attached hydrogens (tertiary/aromatic N) is 4. The van der Waals surface area contributed by atoms with Gasteiger partial charge in [-0.1, -0.05) is 11.2 Å². The van der Waals surface area contributed by atoms with Crippen LogP contribution in [0.15, 0.2) is 53.1 Å². The maximum Gasteiger partial charge on any atom is 0.254 e. The van der Waals surface area contributed by atoms with Crippen LogP contribution in [0.2, 0.25) is 0 Å². The summed E-state index contributed by atoms with van der Waals surface area (Å²) in [5, 5.41) is 4.01. The quantitative estimate of drug-likeness (QED) is 0.687. The van der Waals surface area contributed by atoms with E-state index in [4.69, 9.17) is 4.52 Å². The van der Waals surface area contributed by atoms with E-state index in [1.807, 2.05) is 43.3 Å². The molecule has 0 spiro atoms. The van der Waals surface area contributed by atoms with Crippen LogP contribution in [0.25, 0.3) is 11.4 Å². The van der Waals surface area contributed by atoms with Gasteiger partial charge in [-0.25, -0.2) is 4.39 Å². The molecule has 1 amide bonds. The van der Waals surface area contributed by atoms with Gasteiger partial charge in [-0.05, 0) is 55.3 Å². The van der Waals surface area contributed by atoms with Crippen LogP contribution in [0.4, 0.5) is 10.1 Å². The summed E-state index contributed by atoms with van der Waals surface area (Å²) >= 11 is 0. The fraction of sp³-hybridized carbons (Fsp3) is 0.286. The average molecular weight is 380 g/mol. The van der Waals surface area contributed by atoms with Crippen molar-refractivity contribution in [3.63, 3.8) is 0 Å². The first-order valence-electron chi connectivity index (χ1n) is 9.21. The summed E-state index contributed by atoms with van der Waals surface area (Å²) in [5.74, 6) is 0.436. The number of hydrogen-bond acceptors (Lipinski definition) is 5. The fourth-order valence-corrected chi connectivity index (χ4v) is 3.44. The molecule has 1 aliphatic rings. The monoisotopic (exact) mass is 380 g/mol. The lowest BCUT2D eigenvalue weighted by molar-refractivity contribution is 0.0710. The molecule has 144 valence electrons. The number of carbonyl (C=O) groups is 1. The van der Waals surface area contributed by atoms with Gasteiger partial charge in [0.1, 0.15) is 11.9 Å². The largest absolute Gasteiger partial charge is 0.378 e. The molecule has 0 aliphatic carbocycles. The van der Waals surface area contributed by atoms with Crippen LogP contribution >= 0.6 is 0 Å². The first-order chi connectivity index (χ1) is 13.5. The molecule has 1 fully saturated rings. The third kappa shape index (κ3) is 3.47. The maximum atomic E-state index is 13.1. The topological polar surface area (TPSA) is 62.5 Å². The van der Waals surface area contributed by atoms with Crippen molar-refractivity contribution in [3.8, 4) is 11.4 Å². The zero-order valence-corrected chi connectivity index (χ0v) is 15.8. The summed E-state index contributed by atoms with van der Waals surface area (Å²) in [7, 11) is 3.88. The van der Waals surface area contributed by atoms with Gasteiger partial charge in [0.2, 0.25) is 11.7 Å². The summed E-state index contributed by atoms with van der Waals surface area (Å²) in [4.78, 5) is 21.3. The van der Waals surface area contributed by atoms with Crippen molar-refractivity contribution in [1.82, 2.24) is 15.0 Å². The Morgan fingerprint density at radius 2 is 2.00 bits per heavy atom. The average Bonchev–Trinajstić information content (AvgIpc) is 3.37. The predicted molar refractivity (Wildman–Crippen MR) is 103 cm³/mol. The second-order valence-corrected chi connectivity index (χ2v) is 7.06. The lowest BCUT2D eigenvalue weighted by atomic mass is 10.1. The van der Waals surface area contributed by atoms with Gasteiger partial charge in [0.15, 0.2) is 0 Å². The lowest BCUT2D eigenvalue weighted by Gasteiger charge is -2.22. The van der Waals surface area contributed by atoms with E-state index >= 15 is 0 Å². The Morgan fingerprint density at radius 3 is 2.75 bits per heavy atom. The van der Waals surface area contributed by atoms with Crippen molar-refractivity contribution in [3.05, 3.63) is 65.8 Å². The van der Waals surface area contributed by atoms with Gasteiger partial charge >= 0.3 is 0 Å². The maximum absolute atomic E-state index is 13.1. The Kier molecular flexibility index (Phi) is 4.81. The van der Waals surface area contributed by atoms with E-state index in [9.17, 15) is 9.18 Å². The first kappa shape index (κ1) is 18.2. The first-order valence-corrected chi connectivity index (χ1v) is 9.21. The minimum Gasteiger partial charge on any atom is -0.378 e. The summed E-state index contributed by atoms with van der Waals surface area (Å²) < 4.78 is 18.6. The number of anilines is 1. The summed E-state index contributed by atoms with van der Waals surface area (Å²) in [5.41, 5.74) is 2.28. The van der Waals surface area contributed by atoms with Crippen LogP contribution in [-0.4, -0.2) is 41.6 Å². The van der Waals surface area contributed by atoms with Crippen molar-refractivity contribution in [1.29, 1.82) is 0 Å². The normalized spacial score (nSPS) is 16.4. The number of benzene rings is 2. The number of carbonyl (C=O) groups excluding carboxylic acids is 1. The number of halogens is 1. The number of aromatic nitrogens is 2. The highest BCUT2D eigenvalue weighted by atomic mass is 19.1. The fourth-order valence-electron chi connectivity index (χ4n) is 3.44. The molecule has 0 unspecified atom stereocenters. The second-order valence-electron chi connectivity index (χ2n) is 7.06. The molecule has 0 saturated carbocycles. The summed E-state index contributed by atoms with van der Waals surface area (Å²) in [6, 6.07) is 13.2. The van der Waals surface area contributed by atoms with Crippen molar-refractivity contribution < 1.29 is 13.7 Å². The van der Waals surface area contributed by atoms with E-state index in [-0.39, 0.29) is 17.8 Å². The Balaban J connectivity index is 1.58. The highest BCUT2D eigenvalue weighted by Crippen LogP contribution is 2.33. The van der Waals surface area contributed by atoms with Crippen LogP contribution in [0.3, 0.4) is 0 Å². The molecule has 3 aromatic rings. The molecule has 0 N–H and O–H groups in total. The van der Waals surface area contributed by atoms with Crippen LogP contribution in [0.5, 0.6) is 0 Å². The van der Waals surface area contributed by atoms with Gasteiger partial charge in [-0.2, -0.15) is 4.98 Å². The minimum absolute atomic E-state index is 0.0484. The number of hydrogen-bond donors (Lipinski definition) is 0. The number of amides is 1. The highest BCUT2D eigenvalue weighted by Gasteiger charge is 2.34. The van der Waals surface area contributed by atoms with Gasteiger partial charge in [0.25, 0.3) is 5.91 Å². The Bertz CT molecular complexity index is 984. The van der Waals surface area contributed by atoms with Gasteiger partial charge in [0.05, 0.1) is 0 Å². The van der Waals surface area contributed by atoms with Crippen LogP contribution in [-0.2, 0) is 0 Å². The van der Waals surface area contributed by atoms with E-state index < -0.39 is 0 Å². The molecule has 7 heteroatoms. The molecule has 1 saturated heterocycles. The lowest BCUT2D eigenvalue weighted by Crippen LogP contribution is -2.30. The van der Waals surface area contributed by atoms with Crippen LogP contribution in [0, 0.1) is 5.82 Å². The third-order valence-corrected chi connectivity index (χ3v) is 4.95. The van der Waals surface area contributed by atoms with Gasteiger partial charge in [-0.3, -0.25) is 4.79 Å². The van der Waals surface area contributed by atoms with E-state index in [0.29, 0.717) is 29.4 Å². The molecular weight excluding hydrogens is 359 g/mol. The van der Waals surface area contributed by atoms with Crippen molar-refractivity contribution in [2.24, 2.45) is 0 Å². The van der Waals surface area contributed by atoms with Gasteiger partial charge in [-0.15, -0.1) is 0 Å². The molecule has 6 nitrogen and oxygen atoms in total. The molecular formula is C21H21FN4O2. The Morgan fingerprint density at radius 1 is 1.21 bits per heavy atom. The molecule has 1 aromatic heterocycles. The third-order valence-electron chi connectivity index (χ3n) is 4.95. The minimum atomic E-state index is -0.319. The van der Waals surface area contributed by atoms with Gasteiger partial charge in [0, 0.05) is 37.5 Å². The zero-order chi connectivity index (χ0) is 19.7. The molecule has 1 aliphatic heterocycles. The van der Waals surface area contributed by atoms with E-state index in [0.717, 1.165) is 18.5 Å². The van der Waals surface area contributed by atoms with E-state index in [1.54, 1.807) is 17.0 Å². The molecule has 2 aromatic carbocycles. The number of likely N-dealkylation sites (tertiary alicyclic amines) is 1. The number of rotatable bonds is 4. The Labute approximate surface area is 162 Å². The van der Waals surface area contributed by atoms with Crippen LogP contribution < -0.4 is 4.90 Å². The van der Waals surface area contributed by atoms with E-state index in [2.05, 4.69) is 10.1 Å². The second kappa shape index (κ2) is 7.42. The molecule has 2 heterocycles. The highest BCUT2D eigenvalue weighted by molar-refractivity contribution is 5.95. The SMILES string of the molecule is CN(C)c1cccc(C(=O)N2CCC[C@@H]2c2nc(-c3ccc(F)cc3)no2)c1. The van der Waals surface area contributed by atoms with Crippen molar-refractivity contribution >= 4 is 11.6 Å². The molecule has 28 heavy (non-hydrogen) atoms. The predicted octanol–water partition coefficient (Wildman–Crippen LogP) is 3.92. The molecule has 4 rings (SSSR count). The molecule has 0 bridgehead atoms. The smallest absolute Gasteiger partial charge is 0.254 e. The Hall–Kier alpha value is -3.22. The summed E-state index contributed by atoms with van der Waals surface area (Å²) in [6.45, 7) is 0.643. The van der Waals surface area contributed by atoms with Gasteiger partial charge < -0.3 is 14.3 Å².